The number of aryl methyl sites for hydroxylation is 1. The minimum atomic E-state index is -4.45. The molecular formula is C24H30BF3N4. The highest BCUT2D eigenvalue weighted by atomic mass is 19.4. The van der Waals surface area contributed by atoms with Gasteiger partial charge in [0.15, 0.2) is 0 Å². The number of fused-ring (bicyclic) bond motifs is 1. The second kappa shape index (κ2) is 9.44. The molecule has 0 radical (unpaired) electrons. The third kappa shape index (κ3) is 4.57. The van der Waals surface area contributed by atoms with E-state index < -0.39 is 11.7 Å². The molecule has 8 heteroatoms. The molecule has 2 fully saturated rings. The lowest BCUT2D eigenvalue weighted by Gasteiger charge is -2.27. The van der Waals surface area contributed by atoms with E-state index in [1.54, 1.807) is 17.8 Å². The molecule has 0 saturated carbocycles. The van der Waals surface area contributed by atoms with Crippen LogP contribution in [0.4, 0.5) is 13.2 Å². The average molecular weight is 442 g/mol. The summed E-state index contributed by atoms with van der Waals surface area (Å²) in [6.07, 6.45) is -0.508. The van der Waals surface area contributed by atoms with Gasteiger partial charge in [0.05, 0.1) is 16.8 Å². The summed E-state index contributed by atoms with van der Waals surface area (Å²) in [5, 5.41) is 17.4. The van der Waals surface area contributed by atoms with Crippen molar-refractivity contribution in [1.82, 2.24) is 15.1 Å². The molecule has 4 rings (SSSR count). The molecule has 1 N–H and O–H groups in total. The molecule has 3 heterocycles. The van der Waals surface area contributed by atoms with Crippen LogP contribution in [0.5, 0.6) is 0 Å². The standard InChI is InChI=1S/C22H24BF3N4.C2H6/c1-13-4-5-16(14(2)28-13)21-18-10-19(22(24,25)26)17(11-20(18)30(3)29-21)15-6-8-23(12-27)9-7-15;1-2/h10-11,15-16,28H,1-2,4-9H2,3H3;1-2H3. The first kappa shape index (κ1) is 24.0. The summed E-state index contributed by atoms with van der Waals surface area (Å²) < 4.78 is 43.9. The van der Waals surface area contributed by atoms with E-state index in [0.29, 0.717) is 47.6 Å². The first-order valence-corrected chi connectivity index (χ1v) is 11.3. The molecule has 1 aromatic carbocycles. The molecule has 1 aromatic heterocycles. The average Bonchev–Trinajstić information content (AvgIpc) is 3.09. The largest absolute Gasteiger partial charge is 0.416 e. The molecule has 170 valence electrons. The van der Waals surface area contributed by atoms with Crippen LogP contribution in [0.25, 0.3) is 10.9 Å². The normalized spacial score (nSPS) is 19.9. The minimum absolute atomic E-state index is 0.0535. The van der Waals surface area contributed by atoms with Crippen LogP contribution in [-0.2, 0) is 13.2 Å². The number of hydrogen-bond acceptors (Lipinski definition) is 3. The van der Waals surface area contributed by atoms with E-state index in [1.165, 1.54) is 6.07 Å². The number of rotatable bonds is 2. The van der Waals surface area contributed by atoms with Crippen molar-refractivity contribution in [3.63, 3.8) is 0 Å². The van der Waals surface area contributed by atoms with E-state index in [1.807, 2.05) is 13.8 Å². The number of aromatic nitrogens is 2. The van der Waals surface area contributed by atoms with E-state index in [-0.39, 0.29) is 18.5 Å². The fourth-order valence-corrected chi connectivity index (χ4v) is 4.89. The van der Waals surface area contributed by atoms with Gasteiger partial charge in [-0.05, 0) is 36.5 Å². The first-order chi connectivity index (χ1) is 15.2. The highest BCUT2D eigenvalue weighted by Gasteiger charge is 2.38. The fraction of sp³-hybridized carbons (Fsp3) is 0.500. The SMILES string of the molecule is C=C1CCC(c2nn(C)c3cc(C4CCB(C#N)CC4)c(C(F)(F)F)cc23)C(=C)N1.CC. The number of benzene rings is 1. The molecule has 2 aliphatic rings. The molecule has 1 atom stereocenters. The van der Waals surface area contributed by atoms with Crippen molar-refractivity contribution in [2.24, 2.45) is 7.05 Å². The predicted octanol–water partition coefficient (Wildman–Crippen LogP) is 6.55. The molecule has 2 aromatic rings. The summed E-state index contributed by atoms with van der Waals surface area (Å²) >= 11 is 0. The maximum absolute atomic E-state index is 14.1. The number of nitrogens with zero attached hydrogens (tertiary/aromatic N) is 3. The van der Waals surface area contributed by atoms with Crippen LogP contribution in [0.2, 0.25) is 12.6 Å². The van der Waals surface area contributed by atoms with Gasteiger partial charge in [0.2, 0.25) is 0 Å². The Morgan fingerprint density at radius 3 is 2.41 bits per heavy atom. The Labute approximate surface area is 188 Å². The summed E-state index contributed by atoms with van der Waals surface area (Å²) in [7, 11) is 1.77. The Bertz CT molecular complexity index is 1060. The second-order valence-corrected chi connectivity index (χ2v) is 8.49. The maximum Gasteiger partial charge on any atom is 0.416 e. The van der Waals surface area contributed by atoms with Gasteiger partial charge in [-0.3, -0.25) is 4.68 Å². The topological polar surface area (TPSA) is 53.6 Å². The van der Waals surface area contributed by atoms with Crippen LogP contribution < -0.4 is 5.32 Å². The summed E-state index contributed by atoms with van der Waals surface area (Å²) in [5.74, 6) is 1.90. The van der Waals surface area contributed by atoms with Gasteiger partial charge in [-0.2, -0.15) is 18.3 Å². The Hall–Kier alpha value is -2.69. The number of piperidine rings is 1. The van der Waals surface area contributed by atoms with Gasteiger partial charge in [-0.15, -0.1) is 0 Å². The van der Waals surface area contributed by atoms with Crippen molar-refractivity contribution in [2.45, 2.75) is 70.2 Å². The lowest BCUT2D eigenvalue weighted by molar-refractivity contribution is -0.138. The molecule has 1 unspecified atom stereocenters. The number of alkyl halides is 3. The van der Waals surface area contributed by atoms with Gasteiger partial charge in [0, 0.05) is 35.7 Å². The van der Waals surface area contributed by atoms with Gasteiger partial charge in [0.25, 0.3) is 6.71 Å². The molecule has 2 aliphatic heterocycles. The highest BCUT2D eigenvalue weighted by Crippen LogP contribution is 2.44. The number of hydrogen-bond donors (Lipinski definition) is 1. The Balaban J connectivity index is 0.00000141. The van der Waals surface area contributed by atoms with Crippen molar-refractivity contribution in [2.75, 3.05) is 0 Å². The molecule has 4 nitrogen and oxygen atoms in total. The van der Waals surface area contributed by atoms with Crippen molar-refractivity contribution in [3.05, 3.63) is 53.5 Å². The molecular weight excluding hydrogens is 412 g/mol. The van der Waals surface area contributed by atoms with Crippen LogP contribution in [0.3, 0.4) is 0 Å². The predicted molar refractivity (Wildman–Crippen MR) is 123 cm³/mol. The zero-order valence-electron chi connectivity index (χ0n) is 19.0. The molecule has 0 amide bonds. The van der Waals surface area contributed by atoms with E-state index in [4.69, 9.17) is 5.26 Å². The maximum atomic E-state index is 14.1. The van der Waals surface area contributed by atoms with Crippen LogP contribution in [0.15, 0.2) is 36.7 Å². The van der Waals surface area contributed by atoms with Crippen molar-refractivity contribution in [1.29, 1.82) is 5.26 Å². The molecule has 0 spiro atoms. The van der Waals surface area contributed by atoms with E-state index in [9.17, 15) is 13.2 Å². The van der Waals surface area contributed by atoms with Gasteiger partial charge in [0.1, 0.15) is 0 Å². The summed E-state index contributed by atoms with van der Waals surface area (Å²) in [6.45, 7) is 11.9. The smallest absolute Gasteiger partial charge is 0.363 e. The molecule has 2 saturated heterocycles. The Morgan fingerprint density at radius 2 is 1.84 bits per heavy atom. The van der Waals surface area contributed by atoms with Gasteiger partial charge >= 0.3 is 6.18 Å². The monoisotopic (exact) mass is 442 g/mol. The molecule has 0 bridgehead atoms. The summed E-state index contributed by atoms with van der Waals surface area (Å²) in [5.41, 5.74) is 2.66. The van der Waals surface area contributed by atoms with Crippen molar-refractivity contribution in [3.8, 4) is 5.97 Å². The van der Waals surface area contributed by atoms with E-state index in [0.717, 1.165) is 24.2 Å². The highest BCUT2D eigenvalue weighted by molar-refractivity contribution is 6.67. The van der Waals surface area contributed by atoms with Crippen LogP contribution in [0, 0.1) is 11.2 Å². The van der Waals surface area contributed by atoms with Gasteiger partial charge in [-0.1, -0.05) is 52.5 Å². The van der Waals surface area contributed by atoms with Gasteiger partial charge in [-0.25, -0.2) is 5.26 Å². The van der Waals surface area contributed by atoms with Crippen molar-refractivity contribution >= 4 is 17.6 Å². The van der Waals surface area contributed by atoms with Gasteiger partial charge < -0.3 is 5.32 Å². The third-order valence-electron chi connectivity index (χ3n) is 6.53. The summed E-state index contributed by atoms with van der Waals surface area (Å²) in [6, 6.07) is 2.95. The van der Waals surface area contributed by atoms with Crippen LogP contribution in [-0.4, -0.2) is 16.5 Å². The quantitative estimate of drug-likeness (QED) is 0.537. The molecule has 32 heavy (non-hydrogen) atoms. The Morgan fingerprint density at radius 1 is 1.19 bits per heavy atom. The van der Waals surface area contributed by atoms with E-state index in [2.05, 4.69) is 29.5 Å². The minimum Gasteiger partial charge on any atom is -0.363 e. The zero-order valence-corrected chi connectivity index (χ0v) is 19.0. The van der Waals surface area contributed by atoms with Crippen LogP contribution >= 0.6 is 0 Å². The number of nitriles is 1. The van der Waals surface area contributed by atoms with Crippen molar-refractivity contribution < 1.29 is 13.2 Å². The lowest BCUT2D eigenvalue weighted by Crippen LogP contribution is -2.24. The summed E-state index contributed by atoms with van der Waals surface area (Å²) in [4.78, 5) is 0. The Kier molecular flexibility index (Phi) is 7.07. The fourth-order valence-electron chi connectivity index (χ4n) is 4.89. The molecule has 0 aliphatic carbocycles. The second-order valence-electron chi connectivity index (χ2n) is 8.49. The number of halogens is 3. The zero-order chi connectivity index (χ0) is 23.6. The van der Waals surface area contributed by atoms with Crippen LogP contribution in [0.1, 0.15) is 68.2 Å². The number of allylic oxidation sites excluding steroid dienone is 2. The number of nitrogens with one attached hydrogen (secondary N) is 1. The lowest BCUT2D eigenvalue weighted by atomic mass is 9.41. The third-order valence-corrected chi connectivity index (χ3v) is 6.53. The van der Waals surface area contributed by atoms with E-state index >= 15 is 0 Å². The first-order valence-electron chi connectivity index (χ1n) is 11.3.